The summed E-state index contributed by atoms with van der Waals surface area (Å²) in [6.07, 6.45) is 1.14. The Labute approximate surface area is 114 Å². The van der Waals surface area contributed by atoms with Crippen molar-refractivity contribution < 1.29 is 13.0 Å². The Bertz CT molecular complexity index is 909. The van der Waals surface area contributed by atoms with Gasteiger partial charge in [-0.15, -0.1) is 0 Å². The molecule has 0 saturated heterocycles. The summed E-state index contributed by atoms with van der Waals surface area (Å²) in [5, 5.41) is 7.19. The molecule has 0 spiro atoms. The lowest BCUT2D eigenvalue weighted by Gasteiger charge is -2.00. The first kappa shape index (κ1) is 12.6. The van der Waals surface area contributed by atoms with E-state index in [0.29, 0.717) is 16.9 Å². The van der Waals surface area contributed by atoms with Gasteiger partial charge in [0.05, 0.1) is 10.4 Å². The van der Waals surface area contributed by atoms with E-state index in [9.17, 15) is 8.42 Å². The Hall–Kier alpha value is -2.42. The largest absolute Gasteiger partial charge is 0.379 e. The minimum Gasteiger partial charge on any atom is -0.379 e. The molecule has 2 aromatic heterocycles. The van der Waals surface area contributed by atoms with Gasteiger partial charge in [0, 0.05) is 13.3 Å². The normalized spacial score (nSPS) is 12.1. The fraction of sp³-hybridized carbons (Fsp3) is 0.182. The predicted octanol–water partition coefficient (Wildman–Crippen LogP) is 0.609. The van der Waals surface area contributed by atoms with E-state index in [2.05, 4.69) is 19.9 Å². The van der Waals surface area contributed by atoms with Gasteiger partial charge in [0.2, 0.25) is 0 Å². The van der Waals surface area contributed by atoms with Crippen molar-refractivity contribution >= 4 is 26.7 Å². The topological polar surface area (TPSA) is 117 Å². The summed E-state index contributed by atoms with van der Waals surface area (Å²) >= 11 is 0. The van der Waals surface area contributed by atoms with Crippen LogP contribution in [0, 0.1) is 0 Å². The maximum atomic E-state index is 11.8. The first-order chi connectivity index (χ1) is 9.39. The summed E-state index contributed by atoms with van der Waals surface area (Å²) in [5.41, 5.74) is 6.96. The Kier molecular flexibility index (Phi) is 2.54. The molecule has 2 N–H and O–H groups in total. The second-order valence-corrected chi connectivity index (χ2v) is 6.37. The fourth-order valence-electron chi connectivity index (χ4n) is 2.05. The molecule has 3 aromatic rings. The molecule has 0 amide bonds. The molecule has 0 saturated carbocycles. The van der Waals surface area contributed by atoms with Crippen molar-refractivity contribution in [1.29, 1.82) is 0 Å². The molecule has 0 fully saturated rings. The Balaban J connectivity index is 2.39. The van der Waals surface area contributed by atoms with Crippen LogP contribution in [0.25, 0.3) is 22.6 Å². The van der Waals surface area contributed by atoms with Gasteiger partial charge in [-0.25, -0.2) is 18.0 Å². The number of benzene rings is 1. The zero-order chi connectivity index (χ0) is 14.5. The van der Waals surface area contributed by atoms with E-state index >= 15 is 0 Å². The molecule has 0 aliphatic heterocycles. The van der Waals surface area contributed by atoms with Crippen LogP contribution in [-0.2, 0) is 16.9 Å². The van der Waals surface area contributed by atoms with E-state index in [1.165, 1.54) is 6.07 Å². The standard InChI is InChI=1S/C11H11N5O3S/c1-16-6-4-3-5-7(20(2,17)18)8(6)13-11(16)9-10(12)15-19-14-9/h3-5H,1-2H3,(H2,12,15). The minimum absolute atomic E-state index is 0.101. The van der Waals surface area contributed by atoms with E-state index < -0.39 is 9.84 Å². The number of anilines is 1. The highest BCUT2D eigenvalue weighted by Gasteiger charge is 2.21. The number of hydrogen-bond donors (Lipinski definition) is 1. The first-order valence-electron chi connectivity index (χ1n) is 5.63. The maximum Gasteiger partial charge on any atom is 0.199 e. The summed E-state index contributed by atoms with van der Waals surface area (Å²) in [4.78, 5) is 4.48. The highest BCUT2D eigenvalue weighted by molar-refractivity contribution is 7.91. The average molecular weight is 293 g/mol. The lowest BCUT2D eigenvalue weighted by Crippen LogP contribution is -1.98. The van der Waals surface area contributed by atoms with E-state index in [1.54, 1.807) is 23.7 Å². The van der Waals surface area contributed by atoms with Crippen LogP contribution in [0.3, 0.4) is 0 Å². The van der Waals surface area contributed by atoms with Crippen LogP contribution in [0.5, 0.6) is 0 Å². The molecule has 2 heterocycles. The monoisotopic (exact) mass is 293 g/mol. The third-order valence-electron chi connectivity index (χ3n) is 3.00. The number of hydrogen-bond acceptors (Lipinski definition) is 7. The van der Waals surface area contributed by atoms with Gasteiger partial charge in [-0.05, 0) is 22.4 Å². The molecule has 9 heteroatoms. The molecule has 1 aromatic carbocycles. The summed E-state index contributed by atoms with van der Waals surface area (Å²) in [5.74, 6) is 0.499. The summed E-state index contributed by atoms with van der Waals surface area (Å²) in [6, 6.07) is 4.94. The third-order valence-corrected chi connectivity index (χ3v) is 4.13. The van der Waals surface area contributed by atoms with Crippen molar-refractivity contribution in [3.63, 3.8) is 0 Å². The first-order valence-corrected chi connectivity index (χ1v) is 7.52. The van der Waals surface area contributed by atoms with E-state index in [1.807, 2.05) is 0 Å². The van der Waals surface area contributed by atoms with Gasteiger partial charge in [0.1, 0.15) is 5.52 Å². The number of para-hydroxylation sites is 1. The van der Waals surface area contributed by atoms with Crippen molar-refractivity contribution in [1.82, 2.24) is 19.9 Å². The number of sulfone groups is 1. The van der Waals surface area contributed by atoms with Crippen molar-refractivity contribution in [2.75, 3.05) is 12.0 Å². The molecule has 8 nitrogen and oxygen atoms in total. The van der Waals surface area contributed by atoms with Gasteiger partial charge in [-0.3, -0.25) is 0 Å². The number of rotatable bonds is 2. The number of imidazole rings is 1. The number of nitrogen functional groups attached to an aromatic ring is 1. The molecule has 3 rings (SSSR count). The van der Waals surface area contributed by atoms with Gasteiger partial charge in [0.15, 0.2) is 27.2 Å². The Morgan fingerprint density at radius 2 is 2.05 bits per heavy atom. The van der Waals surface area contributed by atoms with Crippen LogP contribution in [0.1, 0.15) is 0 Å². The highest BCUT2D eigenvalue weighted by atomic mass is 32.2. The summed E-state index contributed by atoms with van der Waals surface area (Å²) < 4.78 is 29.8. The smallest absolute Gasteiger partial charge is 0.199 e. The van der Waals surface area contributed by atoms with Crippen molar-refractivity contribution in [3.8, 4) is 11.5 Å². The number of aromatic nitrogens is 4. The van der Waals surface area contributed by atoms with Gasteiger partial charge < -0.3 is 10.3 Å². The van der Waals surface area contributed by atoms with Gasteiger partial charge in [-0.1, -0.05) is 6.07 Å². The van der Waals surface area contributed by atoms with Crippen LogP contribution in [0.15, 0.2) is 27.7 Å². The second kappa shape index (κ2) is 4.04. The van der Waals surface area contributed by atoms with Crippen molar-refractivity contribution in [2.45, 2.75) is 4.90 Å². The van der Waals surface area contributed by atoms with Crippen LogP contribution in [0.4, 0.5) is 5.82 Å². The van der Waals surface area contributed by atoms with Gasteiger partial charge >= 0.3 is 0 Å². The molecule has 0 bridgehead atoms. The minimum atomic E-state index is -3.38. The van der Waals surface area contributed by atoms with Gasteiger partial charge in [0.25, 0.3) is 0 Å². The molecule has 0 radical (unpaired) electrons. The number of nitrogens with zero attached hydrogens (tertiary/aromatic N) is 4. The molecule has 0 aliphatic rings. The molecule has 0 aliphatic carbocycles. The highest BCUT2D eigenvalue weighted by Crippen LogP contribution is 2.28. The van der Waals surface area contributed by atoms with E-state index in [-0.39, 0.29) is 16.4 Å². The Morgan fingerprint density at radius 3 is 2.65 bits per heavy atom. The van der Waals surface area contributed by atoms with E-state index in [0.717, 1.165) is 6.26 Å². The van der Waals surface area contributed by atoms with Crippen LogP contribution in [0.2, 0.25) is 0 Å². The molecule has 104 valence electrons. The predicted molar refractivity (Wildman–Crippen MR) is 71.5 cm³/mol. The zero-order valence-electron chi connectivity index (χ0n) is 10.7. The maximum absolute atomic E-state index is 11.8. The van der Waals surface area contributed by atoms with Crippen LogP contribution < -0.4 is 5.73 Å². The molecule has 20 heavy (non-hydrogen) atoms. The van der Waals surface area contributed by atoms with Crippen molar-refractivity contribution in [2.24, 2.45) is 7.05 Å². The zero-order valence-corrected chi connectivity index (χ0v) is 11.5. The Morgan fingerprint density at radius 1 is 1.30 bits per heavy atom. The third kappa shape index (κ3) is 1.74. The number of nitrogens with two attached hydrogens (primary N) is 1. The van der Waals surface area contributed by atoms with Crippen LogP contribution >= 0.6 is 0 Å². The summed E-state index contributed by atoms with van der Waals surface area (Å²) in [6.45, 7) is 0. The molecule has 0 unspecified atom stereocenters. The second-order valence-electron chi connectivity index (χ2n) is 4.39. The lowest BCUT2D eigenvalue weighted by atomic mass is 10.3. The van der Waals surface area contributed by atoms with Crippen molar-refractivity contribution in [3.05, 3.63) is 18.2 Å². The quantitative estimate of drug-likeness (QED) is 0.735. The number of fused-ring (bicyclic) bond motifs is 1. The van der Waals surface area contributed by atoms with E-state index in [4.69, 9.17) is 5.73 Å². The van der Waals surface area contributed by atoms with Gasteiger partial charge in [-0.2, -0.15) is 0 Å². The molecular formula is C11H11N5O3S. The molecule has 0 atom stereocenters. The number of aryl methyl sites for hydroxylation is 1. The average Bonchev–Trinajstić information content (AvgIpc) is 2.92. The lowest BCUT2D eigenvalue weighted by molar-refractivity contribution is 0.310. The SMILES string of the molecule is Cn1c(-c2nonc2N)nc2c(S(C)(=O)=O)cccc21. The summed E-state index contributed by atoms with van der Waals surface area (Å²) in [7, 11) is -1.64. The fourth-order valence-corrected chi connectivity index (χ4v) is 2.88. The molecular weight excluding hydrogens is 282 g/mol. The van der Waals surface area contributed by atoms with Crippen LogP contribution in [-0.4, -0.2) is 34.5 Å².